The van der Waals surface area contributed by atoms with Crippen LogP contribution in [0.25, 0.3) is 0 Å². The lowest BCUT2D eigenvalue weighted by atomic mass is 10.3. The summed E-state index contributed by atoms with van der Waals surface area (Å²) in [6, 6.07) is 10.9. The van der Waals surface area contributed by atoms with Crippen LogP contribution in [0.2, 0.25) is 5.02 Å². The molecule has 2 N–H and O–H groups in total. The van der Waals surface area contributed by atoms with Crippen molar-refractivity contribution in [1.82, 2.24) is 5.32 Å². The quantitative estimate of drug-likeness (QED) is 0.879. The minimum Gasteiger partial charge on any atom is -0.338 e. The van der Waals surface area contributed by atoms with Gasteiger partial charge in [0.2, 0.25) is 0 Å². The fraction of sp³-hybridized carbons (Fsp3) is 0.154. The van der Waals surface area contributed by atoms with Crippen LogP contribution in [0.4, 0.5) is 10.5 Å². The molecule has 0 aliphatic rings. The molecule has 0 spiro atoms. The zero-order valence-electron chi connectivity index (χ0n) is 9.65. The molecule has 0 atom stereocenters. The van der Waals surface area contributed by atoms with Crippen LogP contribution in [0.15, 0.2) is 41.8 Å². The molecule has 1 aromatic heterocycles. The van der Waals surface area contributed by atoms with E-state index in [1.807, 2.05) is 11.4 Å². The third-order valence-electron chi connectivity index (χ3n) is 2.32. The van der Waals surface area contributed by atoms with Crippen molar-refractivity contribution in [3.05, 3.63) is 51.7 Å². The van der Waals surface area contributed by atoms with Crippen molar-refractivity contribution in [3.63, 3.8) is 0 Å². The minimum atomic E-state index is -0.214. The predicted molar refractivity (Wildman–Crippen MR) is 76.5 cm³/mol. The molecule has 0 aliphatic carbocycles. The number of carbonyl (C=O) groups excluding carboxylic acids is 1. The Morgan fingerprint density at radius 3 is 2.89 bits per heavy atom. The summed E-state index contributed by atoms with van der Waals surface area (Å²) in [7, 11) is 0. The maximum Gasteiger partial charge on any atom is 0.319 e. The van der Waals surface area contributed by atoms with Gasteiger partial charge >= 0.3 is 6.03 Å². The SMILES string of the molecule is O=C(NCCc1cccs1)Nc1cccc(Cl)c1. The van der Waals surface area contributed by atoms with Crippen molar-refractivity contribution in [2.45, 2.75) is 6.42 Å². The monoisotopic (exact) mass is 280 g/mol. The van der Waals surface area contributed by atoms with Gasteiger partial charge in [0.25, 0.3) is 0 Å². The Balaban J connectivity index is 1.75. The highest BCUT2D eigenvalue weighted by Crippen LogP contribution is 2.14. The van der Waals surface area contributed by atoms with Gasteiger partial charge in [-0.1, -0.05) is 23.7 Å². The molecular formula is C13H13ClN2OS. The van der Waals surface area contributed by atoms with Gasteiger partial charge in [-0.05, 0) is 36.1 Å². The van der Waals surface area contributed by atoms with E-state index >= 15 is 0 Å². The van der Waals surface area contributed by atoms with E-state index in [1.165, 1.54) is 4.88 Å². The Kier molecular flexibility index (Phi) is 4.61. The van der Waals surface area contributed by atoms with Crippen LogP contribution in [0, 0.1) is 0 Å². The Hall–Kier alpha value is -1.52. The van der Waals surface area contributed by atoms with Gasteiger partial charge in [0, 0.05) is 22.1 Å². The molecule has 2 rings (SSSR count). The Morgan fingerprint density at radius 1 is 1.28 bits per heavy atom. The molecule has 0 saturated heterocycles. The zero-order valence-corrected chi connectivity index (χ0v) is 11.2. The lowest BCUT2D eigenvalue weighted by molar-refractivity contribution is 0.252. The highest BCUT2D eigenvalue weighted by molar-refractivity contribution is 7.09. The van der Waals surface area contributed by atoms with Gasteiger partial charge in [-0.2, -0.15) is 0 Å². The number of carbonyl (C=O) groups is 1. The molecule has 3 nitrogen and oxygen atoms in total. The first-order chi connectivity index (χ1) is 8.74. The van der Waals surface area contributed by atoms with E-state index in [4.69, 9.17) is 11.6 Å². The Morgan fingerprint density at radius 2 is 2.17 bits per heavy atom. The maximum atomic E-state index is 11.6. The fourth-order valence-electron chi connectivity index (χ4n) is 1.50. The second-order valence-corrected chi connectivity index (χ2v) is 5.19. The smallest absolute Gasteiger partial charge is 0.319 e. The first kappa shape index (κ1) is 12.9. The second kappa shape index (κ2) is 6.42. The van der Waals surface area contributed by atoms with Crippen LogP contribution in [0.3, 0.4) is 0 Å². The summed E-state index contributed by atoms with van der Waals surface area (Å²) in [5.41, 5.74) is 0.691. The lowest BCUT2D eigenvalue weighted by Gasteiger charge is -2.07. The van der Waals surface area contributed by atoms with E-state index in [9.17, 15) is 4.79 Å². The highest BCUT2D eigenvalue weighted by atomic mass is 35.5. The average Bonchev–Trinajstić information content (AvgIpc) is 2.82. The summed E-state index contributed by atoms with van der Waals surface area (Å²) in [5, 5.41) is 8.17. The van der Waals surface area contributed by atoms with Crippen LogP contribution in [-0.2, 0) is 6.42 Å². The number of anilines is 1. The van der Waals surface area contributed by atoms with Gasteiger partial charge in [-0.25, -0.2) is 4.79 Å². The van der Waals surface area contributed by atoms with Gasteiger partial charge < -0.3 is 10.6 Å². The third-order valence-corrected chi connectivity index (χ3v) is 3.49. The lowest BCUT2D eigenvalue weighted by Crippen LogP contribution is -2.30. The molecule has 0 aliphatic heterocycles. The third kappa shape index (κ3) is 4.05. The molecule has 0 fully saturated rings. The topological polar surface area (TPSA) is 41.1 Å². The summed E-state index contributed by atoms with van der Waals surface area (Å²) >= 11 is 7.52. The number of benzene rings is 1. The molecule has 1 heterocycles. The summed E-state index contributed by atoms with van der Waals surface area (Å²) in [5.74, 6) is 0. The second-order valence-electron chi connectivity index (χ2n) is 3.72. The van der Waals surface area contributed by atoms with E-state index < -0.39 is 0 Å². The van der Waals surface area contributed by atoms with Crippen LogP contribution in [0.1, 0.15) is 4.88 Å². The Bertz CT molecular complexity index is 513. The van der Waals surface area contributed by atoms with Crippen molar-refractivity contribution >= 4 is 34.7 Å². The van der Waals surface area contributed by atoms with Crippen LogP contribution in [-0.4, -0.2) is 12.6 Å². The molecule has 94 valence electrons. The van der Waals surface area contributed by atoms with Crippen LogP contribution < -0.4 is 10.6 Å². The van der Waals surface area contributed by atoms with Crippen molar-refractivity contribution in [3.8, 4) is 0 Å². The number of amides is 2. The van der Waals surface area contributed by atoms with Crippen molar-refractivity contribution in [2.75, 3.05) is 11.9 Å². The van der Waals surface area contributed by atoms with Gasteiger partial charge in [0.1, 0.15) is 0 Å². The number of hydrogen-bond acceptors (Lipinski definition) is 2. The average molecular weight is 281 g/mol. The van der Waals surface area contributed by atoms with E-state index in [0.29, 0.717) is 17.3 Å². The molecular weight excluding hydrogens is 268 g/mol. The first-order valence-corrected chi connectivity index (χ1v) is 6.82. The summed E-state index contributed by atoms with van der Waals surface area (Å²) in [6.07, 6.45) is 0.848. The zero-order chi connectivity index (χ0) is 12.8. The summed E-state index contributed by atoms with van der Waals surface area (Å²) in [6.45, 7) is 0.618. The maximum absolute atomic E-state index is 11.6. The number of thiophene rings is 1. The largest absolute Gasteiger partial charge is 0.338 e. The summed E-state index contributed by atoms with van der Waals surface area (Å²) in [4.78, 5) is 12.9. The Labute approximate surface area is 115 Å². The number of rotatable bonds is 4. The molecule has 0 saturated carbocycles. The molecule has 0 radical (unpaired) electrons. The van der Waals surface area contributed by atoms with E-state index in [1.54, 1.807) is 35.6 Å². The van der Waals surface area contributed by atoms with Gasteiger partial charge in [0.05, 0.1) is 0 Å². The van der Waals surface area contributed by atoms with E-state index in [2.05, 4.69) is 16.7 Å². The standard InChI is InChI=1S/C13H13ClN2OS/c14-10-3-1-4-11(9-10)16-13(17)15-7-6-12-5-2-8-18-12/h1-5,8-9H,6-7H2,(H2,15,16,17). The number of halogens is 1. The van der Waals surface area contributed by atoms with Gasteiger partial charge in [-0.15, -0.1) is 11.3 Å². The molecule has 2 amide bonds. The number of hydrogen-bond donors (Lipinski definition) is 2. The summed E-state index contributed by atoms with van der Waals surface area (Å²) < 4.78 is 0. The predicted octanol–water partition coefficient (Wildman–Crippen LogP) is 3.77. The molecule has 0 bridgehead atoms. The minimum absolute atomic E-state index is 0.214. The molecule has 18 heavy (non-hydrogen) atoms. The van der Waals surface area contributed by atoms with Crippen LogP contribution in [0.5, 0.6) is 0 Å². The molecule has 1 aromatic carbocycles. The van der Waals surface area contributed by atoms with Crippen molar-refractivity contribution in [1.29, 1.82) is 0 Å². The fourth-order valence-corrected chi connectivity index (χ4v) is 2.39. The van der Waals surface area contributed by atoms with E-state index in [0.717, 1.165) is 6.42 Å². The normalized spacial score (nSPS) is 10.1. The van der Waals surface area contributed by atoms with E-state index in [-0.39, 0.29) is 6.03 Å². The van der Waals surface area contributed by atoms with Crippen molar-refractivity contribution < 1.29 is 4.79 Å². The molecule has 0 unspecified atom stereocenters. The molecule has 5 heteroatoms. The van der Waals surface area contributed by atoms with Crippen LogP contribution >= 0.6 is 22.9 Å². The number of urea groups is 1. The first-order valence-electron chi connectivity index (χ1n) is 5.57. The highest BCUT2D eigenvalue weighted by Gasteiger charge is 2.01. The molecule has 2 aromatic rings. The van der Waals surface area contributed by atoms with Crippen molar-refractivity contribution in [2.24, 2.45) is 0 Å². The van der Waals surface area contributed by atoms with Gasteiger partial charge in [-0.3, -0.25) is 0 Å². The number of nitrogens with one attached hydrogen (secondary N) is 2. The van der Waals surface area contributed by atoms with Gasteiger partial charge in [0.15, 0.2) is 0 Å².